The summed E-state index contributed by atoms with van der Waals surface area (Å²) in [6.07, 6.45) is 4.57. The zero-order valence-electron chi connectivity index (χ0n) is 15.6. The van der Waals surface area contributed by atoms with E-state index < -0.39 is 17.2 Å². The van der Waals surface area contributed by atoms with E-state index in [-0.39, 0.29) is 19.0 Å². The maximum absolute atomic E-state index is 13.3. The van der Waals surface area contributed by atoms with Gasteiger partial charge in [-0.15, -0.1) is 0 Å². The first-order valence-corrected chi connectivity index (χ1v) is 9.38. The lowest BCUT2D eigenvalue weighted by Crippen LogP contribution is -2.52. The van der Waals surface area contributed by atoms with Gasteiger partial charge in [-0.2, -0.15) is 0 Å². The standard InChI is InChI=1S/C20H29F2NO3/c1-19(2)5-3-17(4-6-19)23-7-8-25-13-20(24,12-23)14-26-18-10-15(21)9-16(22)11-18/h9-11,17,24H,3-8,12-14H2,1-2H3. The minimum Gasteiger partial charge on any atom is -0.490 e. The summed E-state index contributed by atoms with van der Waals surface area (Å²) in [4.78, 5) is 2.29. The lowest BCUT2D eigenvalue weighted by Gasteiger charge is -2.41. The van der Waals surface area contributed by atoms with Gasteiger partial charge >= 0.3 is 0 Å². The molecule has 1 aliphatic carbocycles. The molecule has 4 nitrogen and oxygen atoms in total. The van der Waals surface area contributed by atoms with Gasteiger partial charge < -0.3 is 14.6 Å². The number of hydrogen-bond acceptors (Lipinski definition) is 4. The second-order valence-corrected chi connectivity index (χ2v) is 8.54. The zero-order chi connectivity index (χ0) is 18.8. The molecule has 0 amide bonds. The summed E-state index contributed by atoms with van der Waals surface area (Å²) in [5, 5.41) is 11.0. The van der Waals surface area contributed by atoms with Gasteiger partial charge in [-0.1, -0.05) is 13.8 Å². The zero-order valence-corrected chi connectivity index (χ0v) is 15.6. The highest BCUT2D eigenvalue weighted by Gasteiger charge is 2.38. The molecule has 1 saturated carbocycles. The molecule has 1 saturated heterocycles. The maximum atomic E-state index is 13.3. The Morgan fingerprint density at radius 2 is 1.85 bits per heavy atom. The van der Waals surface area contributed by atoms with Crippen LogP contribution in [-0.2, 0) is 4.74 Å². The quantitative estimate of drug-likeness (QED) is 0.884. The van der Waals surface area contributed by atoms with Crippen molar-refractivity contribution in [3.63, 3.8) is 0 Å². The predicted molar refractivity (Wildman–Crippen MR) is 95.2 cm³/mol. The summed E-state index contributed by atoms with van der Waals surface area (Å²) in [6, 6.07) is 3.46. The van der Waals surface area contributed by atoms with Crippen molar-refractivity contribution >= 4 is 0 Å². The first kappa shape index (κ1) is 19.5. The Morgan fingerprint density at radius 1 is 1.19 bits per heavy atom. The Hall–Kier alpha value is -1.24. The number of rotatable bonds is 4. The van der Waals surface area contributed by atoms with Crippen LogP contribution in [0.2, 0.25) is 0 Å². The lowest BCUT2D eigenvalue weighted by molar-refractivity contribution is -0.0692. The molecule has 1 aliphatic heterocycles. The maximum Gasteiger partial charge on any atom is 0.134 e. The van der Waals surface area contributed by atoms with Gasteiger partial charge in [0.05, 0.1) is 13.2 Å². The molecule has 0 aromatic heterocycles. The van der Waals surface area contributed by atoms with E-state index in [1.54, 1.807) is 0 Å². The van der Waals surface area contributed by atoms with Crippen LogP contribution in [0.5, 0.6) is 5.75 Å². The van der Waals surface area contributed by atoms with Crippen LogP contribution in [0.25, 0.3) is 0 Å². The Bertz CT molecular complexity index is 595. The average molecular weight is 369 g/mol. The van der Waals surface area contributed by atoms with Crippen molar-refractivity contribution in [2.75, 3.05) is 32.9 Å². The van der Waals surface area contributed by atoms with E-state index in [2.05, 4.69) is 18.7 Å². The van der Waals surface area contributed by atoms with Crippen LogP contribution in [0.1, 0.15) is 39.5 Å². The summed E-state index contributed by atoms with van der Waals surface area (Å²) >= 11 is 0. The number of nitrogens with zero attached hydrogens (tertiary/aromatic N) is 1. The molecule has 1 aromatic rings. The van der Waals surface area contributed by atoms with Gasteiger partial charge in [0.25, 0.3) is 0 Å². The molecule has 0 spiro atoms. The highest BCUT2D eigenvalue weighted by molar-refractivity contribution is 5.24. The van der Waals surface area contributed by atoms with Gasteiger partial charge in [0, 0.05) is 37.3 Å². The molecule has 1 heterocycles. The fourth-order valence-corrected chi connectivity index (χ4v) is 3.92. The normalized spacial score (nSPS) is 27.9. The third-order valence-electron chi connectivity index (χ3n) is 5.56. The molecule has 1 unspecified atom stereocenters. The number of halogens is 2. The van der Waals surface area contributed by atoms with E-state index in [4.69, 9.17) is 9.47 Å². The van der Waals surface area contributed by atoms with Gasteiger partial charge in [-0.05, 0) is 31.1 Å². The van der Waals surface area contributed by atoms with E-state index in [0.29, 0.717) is 24.6 Å². The molecule has 3 rings (SSSR count). The number of ether oxygens (including phenoxy) is 2. The highest BCUT2D eigenvalue weighted by Crippen LogP contribution is 2.37. The molecule has 1 aromatic carbocycles. The molecular weight excluding hydrogens is 340 g/mol. The lowest BCUT2D eigenvalue weighted by atomic mass is 9.75. The molecule has 1 N–H and O–H groups in total. The molecule has 26 heavy (non-hydrogen) atoms. The smallest absolute Gasteiger partial charge is 0.134 e. The predicted octanol–water partition coefficient (Wildman–Crippen LogP) is 3.38. The van der Waals surface area contributed by atoms with Crippen molar-refractivity contribution in [3.8, 4) is 5.75 Å². The van der Waals surface area contributed by atoms with E-state index in [1.807, 2.05) is 0 Å². The largest absolute Gasteiger partial charge is 0.490 e. The van der Waals surface area contributed by atoms with Crippen LogP contribution in [0.15, 0.2) is 18.2 Å². The van der Waals surface area contributed by atoms with E-state index in [1.165, 1.54) is 12.8 Å². The van der Waals surface area contributed by atoms with Crippen molar-refractivity contribution in [1.82, 2.24) is 4.90 Å². The van der Waals surface area contributed by atoms with Crippen LogP contribution in [0.3, 0.4) is 0 Å². The summed E-state index contributed by atoms with van der Waals surface area (Å²) in [6.45, 7) is 6.48. The van der Waals surface area contributed by atoms with Crippen LogP contribution >= 0.6 is 0 Å². The van der Waals surface area contributed by atoms with Crippen LogP contribution in [0, 0.1) is 17.0 Å². The fraction of sp³-hybridized carbons (Fsp3) is 0.700. The van der Waals surface area contributed by atoms with Gasteiger partial charge in [-0.25, -0.2) is 8.78 Å². The van der Waals surface area contributed by atoms with Crippen LogP contribution < -0.4 is 4.74 Å². The monoisotopic (exact) mass is 369 g/mol. The molecule has 0 radical (unpaired) electrons. The minimum absolute atomic E-state index is 0.0649. The Kier molecular flexibility index (Phi) is 5.85. The number of benzene rings is 1. The third-order valence-corrected chi connectivity index (χ3v) is 5.56. The van der Waals surface area contributed by atoms with E-state index in [0.717, 1.165) is 37.6 Å². The Labute approximate surface area is 154 Å². The molecule has 2 aliphatic rings. The summed E-state index contributed by atoms with van der Waals surface area (Å²) < 4.78 is 37.7. The van der Waals surface area contributed by atoms with Crippen molar-refractivity contribution in [1.29, 1.82) is 0 Å². The van der Waals surface area contributed by atoms with Crippen LogP contribution in [-0.4, -0.2) is 54.6 Å². The second kappa shape index (κ2) is 7.79. The minimum atomic E-state index is -1.20. The van der Waals surface area contributed by atoms with Gasteiger partial charge in [0.2, 0.25) is 0 Å². The first-order valence-electron chi connectivity index (χ1n) is 9.38. The molecular formula is C20H29F2NO3. The van der Waals surface area contributed by atoms with E-state index >= 15 is 0 Å². The Morgan fingerprint density at radius 3 is 2.50 bits per heavy atom. The summed E-state index contributed by atoms with van der Waals surface area (Å²) in [7, 11) is 0. The van der Waals surface area contributed by atoms with Crippen molar-refractivity contribution < 1.29 is 23.4 Å². The molecule has 146 valence electrons. The van der Waals surface area contributed by atoms with E-state index in [9.17, 15) is 13.9 Å². The van der Waals surface area contributed by atoms with Crippen molar-refractivity contribution in [2.45, 2.75) is 51.2 Å². The molecule has 0 bridgehead atoms. The van der Waals surface area contributed by atoms with Crippen molar-refractivity contribution in [2.24, 2.45) is 5.41 Å². The van der Waals surface area contributed by atoms with Gasteiger partial charge in [0.1, 0.15) is 29.6 Å². The highest BCUT2D eigenvalue weighted by atomic mass is 19.1. The molecule has 1 atom stereocenters. The third kappa shape index (κ3) is 5.15. The SMILES string of the molecule is CC1(C)CCC(N2CCOCC(O)(COc3cc(F)cc(F)c3)C2)CC1. The molecule has 6 heteroatoms. The number of β-amino-alcohol motifs (C(OH)–C–C–N with tert-alkyl or cyclic N) is 1. The van der Waals surface area contributed by atoms with Crippen LogP contribution in [0.4, 0.5) is 8.78 Å². The summed E-state index contributed by atoms with van der Waals surface area (Å²) in [5.74, 6) is -1.32. The topological polar surface area (TPSA) is 41.9 Å². The van der Waals surface area contributed by atoms with Gasteiger partial charge in [0.15, 0.2) is 0 Å². The first-order chi connectivity index (χ1) is 12.2. The average Bonchev–Trinajstić information content (AvgIpc) is 2.75. The van der Waals surface area contributed by atoms with Crippen molar-refractivity contribution in [3.05, 3.63) is 29.8 Å². The van der Waals surface area contributed by atoms with Gasteiger partial charge in [-0.3, -0.25) is 4.90 Å². The number of aliphatic hydroxyl groups is 1. The molecule has 2 fully saturated rings. The Balaban J connectivity index is 1.62. The fourth-order valence-electron chi connectivity index (χ4n) is 3.92. The number of hydrogen-bond donors (Lipinski definition) is 1. The second-order valence-electron chi connectivity index (χ2n) is 8.54. The summed E-state index contributed by atoms with van der Waals surface area (Å²) in [5.41, 5.74) is -0.814.